The van der Waals surface area contributed by atoms with Crippen molar-refractivity contribution in [2.45, 2.75) is 26.8 Å². The maximum atomic E-state index is 4.45. The molecule has 0 radical (unpaired) electrons. The summed E-state index contributed by atoms with van der Waals surface area (Å²) < 4.78 is 0. The summed E-state index contributed by atoms with van der Waals surface area (Å²) in [6.45, 7) is 10.6. The fraction of sp³-hybridized carbons (Fsp3) is 0.692. The van der Waals surface area contributed by atoms with Gasteiger partial charge in [-0.1, -0.05) is 0 Å². The molecule has 0 spiro atoms. The van der Waals surface area contributed by atoms with Crippen LogP contribution in [-0.2, 0) is 0 Å². The molecule has 18 heavy (non-hydrogen) atoms. The maximum Gasteiger partial charge on any atom is 0.137 e. The highest BCUT2D eigenvalue weighted by molar-refractivity contribution is 5.58. The summed E-state index contributed by atoms with van der Waals surface area (Å²) in [5, 5.41) is 3.37. The van der Waals surface area contributed by atoms with Crippen LogP contribution in [0.5, 0.6) is 0 Å². The van der Waals surface area contributed by atoms with Gasteiger partial charge in [0.05, 0.1) is 0 Å². The van der Waals surface area contributed by atoms with E-state index >= 15 is 0 Å². The Hall–Kier alpha value is -1.36. The van der Waals surface area contributed by atoms with Gasteiger partial charge in [-0.25, -0.2) is 9.97 Å². The van der Waals surface area contributed by atoms with Crippen LogP contribution in [-0.4, -0.2) is 54.1 Å². The molecule has 1 aromatic rings. The molecule has 1 aliphatic heterocycles. The number of aromatic nitrogens is 2. The van der Waals surface area contributed by atoms with E-state index in [2.05, 4.69) is 52.9 Å². The van der Waals surface area contributed by atoms with Gasteiger partial charge in [0.15, 0.2) is 0 Å². The van der Waals surface area contributed by atoms with Gasteiger partial charge >= 0.3 is 0 Å². The Balaban J connectivity index is 2.17. The molecule has 2 heterocycles. The van der Waals surface area contributed by atoms with Gasteiger partial charge in [-0.15, -0.1) is 0 Å². The van der Waals surface area contributed by atoms with Gasteiger partial charge in [-0.2, -0.15) is 0 Å². The first kappa shape index (κ1) is 13.1. The molecule has 1 saturated heterocycles. The summed E-state index contributed by atoms with van der Waals surface area (Å²) in [5.41, 5.74) is 1.15. The van der Waals surface area contributed by atoms with Gasteiger partial charge in [0, 0.05) is 37.8 Å². The highest BCUT2D eigenvalue weighted by atomic mass is 15.3. The van der Waals surface area contributed by atoms with Crippen molar-refractivity contribution in [2.75, 3.05) is 43.4 Å². The summed E-state index contributed by atoms with van der Waals surface area (Å²) in [6.07, 6.45) is 1.66. The number of nitrogens with zero attached hydrogens (tertiary/aromatic N) is 4. The lowest BCUT2D eigenvalue weighted by molar-refractivity contribution is 0.312. The van der Waals surface area contributed by atoms with Crippen molar-refractivity contribution in [3.05, 3.63) is 11.9 Å². The van der Waals surface area contributed by atoms with Crippen LogP contribution >= 0.6 is 0 Å². The highest BCUT2D eigenvalue weighted by Gasteiger charge is 2.18. The van der Waals surface area contributed by atoms with Crippen LogP contribution in [0.1, 0.15) is 19.4 Å². The van der Waals surface area contributed by atoms with Gasteiger partial charge in [0.1, 0.15) is 18.0 Å². The molecule has 1 fully saturated rings. The van der Waals surface area contributed by atoms with Crippen molar-refractivity contribution in [3.8, 4) is 0 Å². The van der Waals surface area contributed by atoms with E-state index in [9.17, 15) is 0 Å². The number of rotatable bonds is 3. The van der Waals surface area contributed by atoms with E-state index in [0.717, 1.165) is 43.4 Å². The molecular weight excluding hydrogens is 226 g/mol. The molecule has 0 saturated carbocycles. The second kappa shape index (κ2) is 5.52. The second-order valence-electron chi connectivity index (χ2n) is 5.26. The topological polar surface area (TPSA) is 44.3 Å². The summed E-state index contributed by atoms with van der Waals surface area (Å²) in [5.74, 6) is 2.02. The van der Waals surface area contributed by atoms with E-state index < -0.39 is 0 Å². The van der Waals surface area contributed by atoms with Crippen LogP contribution in [0.3, 0.4) is 0 Å². The van der Waals surface area contributed by atoms with E-state index in [0.29, 0.717) is 6.04 Å². The standard InChI is InChI=1S/C13H23N5/c1-10(2)16-12-11(3)13(15-9-14-12)18-7-5-17(4)6-8-18/h9-10H,5-8H2,1-4H3,(H,14,15,16). The minimum Gasteiger partial charge on any atom is -0.368 e. The Kier molecular flexibility index (Phi) is 4.01. The third-order valence-corrected chi connectivity index (χ3v) is 3.29. The molecule has 0 aliphatic carbocycles. The maximum absolute atomic E-state index is 4.45. The highest BCUT2D eigenvalue weighted by Crippen LogP contribution is 2.23. The number of likely N-dealkylation sites (N-methyl/N-ethyl adjacent to an activating group) is 1. The Morgan fingerprint density at radius 3 is 2.44 bits per heavy atom. The largest absolute Gasteiger partial charge is 0.368 e. The van der Waals surface area contributed by atoms with Crippen molar-refractivity contribution >= 4 is 11.6 Å². The molecule has 0 atom stereocenters. The number of hydrogen-bond acceptors (Lipinski definition) is 5. The molecule has 0 bridgehead atoms. The summed E-state index contributed by atoms with van der Waals surface area (Å²) >= 11 is 0. The first-order chi connectivity index (χ1) is 8.58. The molecular formula is C13H23N5. The smallest absolute Gasteiger partial charge is 0.137 e. The van der Waals surface area contributed by atoms with Crippen molar-refractivity contribution in [1.82, 2.24) is 14.9 Å². The third kappa shape index (κ3) is 2.90. The van der Waals surface area contributed by atoms with E-state index in [-0.39, 0.29) is 0 Å². The lowest BCUT2D eigenvalue weighted by atomic mass is 10.2. The zero-order chi connectivity index (χ0) is 13.1. The normalized spacial score (nSPS) is 17.3. The zero-order valence-electron chi connectivity index (χ0n) is 11.8. The van der Waals surface area contributed by atoms with E-state index in [4.69, 9.17) is 0 Å². The number of piperazine rings is 1. The van der Waals surface area contributed by atoms with Gasteiger partial charge in [-0.05, 0) is 27.8 Å². The van der Waals surface area contributed by atoms with Gasteiger partial charge in [-0.3, -0.25) is 0 Å². The lowest BCUT2D eigenvalue weighted by Gasteiger charge is -2.34. The molecule has 100 valence electrons. The minimum absolute atomic E-state index is 0.388. The van der Waals surface area contributed by atoms with Crippen LogP contribution in [0.25, 0.3) is 0 Å². The first-order valence-electron chi connectivity index (χ1n) is 6.59. The summed E-state index contributed by atoms with van der Waals surface area (Å²) in [7, 11) is 2.16. The van der Waals surface area contributed by atoms with Crippen molar-refractivity contribution < 1.29 is 0 Å². The summed E-state index contributed by atoms with van der Waals surface area (Å²) in [4.78, 5) is 13.5. The predicted octanol–water partition coefficient (Wildman–Crippen LogP) is 1.36. The van der Waals surface area contributed by atoms with Crippen molar-refractivity contribution in [3.63, 3.8) is 0 Å². The average Bonchev–Trinajstić information content (AvgIpc) is 2.33. The van der Waals surface area contributed by atoms with Gasteiger partial charge in [0.2, 0.25) is 0 Å². The molecule has 5 heteroatoms. The summed E-state index contributed by atoms with van der Waals surface area (Å²) in [6, 6.07) is 0.388. The fourth-order valence-corrected chi connectivity index (χ4v) is 2.20. The average molecular weight is 249 g/mol. The van der Waals surface area contributed by atoms with Crippen LogP contribution in [0.15, 0.2) is 6.33 Å². The molecule has 0 unspecified atom stereocenters. The minimum atomic E-state index is 0.388. The quantitative estimate of drug-likeness (QED) is 0.876. The fourth-order valence-electron chi connectivity index (χ4n) is 2.20. The van der Waals surface area contributed by atoms with Crippen LogP contribution in [0, 0.1) is 6.92 Å². The van der Waals surface area contributed by atoms with Gasteiger partial charge < -0.3 is 15.1 Å². The Bertz CT molecular complexity index is 396. The number of nitrogens with one attached hydrogen (secondary N) is 1. The molecule has 1 N–H and O–H groups in total. The Morgan fingerprint density at radius 1 is 1.17 bits per heavy atom. The van der Waals surface area contributed by atoms with E-state index in [1.165, 1.54) is 0 Å². The van der Waals surface area contributed by atoms with E-state index in [1.807, 2.05) is 0 Å². The Morgan fingerprint density at radius 2 is 1.83 bits per heavy atom. The third-order valence-electron chi connectivity index (χ3n) is 3.29. The number of hydrogen-bond donors (Lipinski definition) is 1. The molecule has 0 aromatic carbocycles. The van der Waals surface area contributed by atoms with Gasteiger partial charge in [0.25, 0.3) is 0 Å². The molecule has 1 aliphatic rings. The molecule has 1 aromatic heterocycles. The Labute approximate surface area is 109 Å². The molecule has 2 rings (SSSR count). The van der Waals surface area contributed by atoms with Crippen molar-refractivity contribution in [2.24, 2.45) is 0 Å². The SMILES string of the molecule is Cc1c(NC(C)C)ncnc1N1CCN(C)CC1. The van der Waals surface area contributed by atoms with E-state index in [1.54, 1.807) is 6.33 Å². The lowest BCUT2D eigenvalue weighted by Crippen LogP contribution is -2.45. The monoisotopic (exact) mass is 249 g/mol. The first-order valence-corrected chi connectivity index (χ1v) is 6.59. The van der Waals surface area contributed by atoms with Crippen LogP contribution in [0.2, 0.25) is 0 Å². The van der Waals surface area contributed by atoms with Crippen molar-refractivity contribution in [1.29, 1.82) is 0 Å². The molecule has 5 nitrogen and oxygen atoms in total. The number of anilines is 2. The van der Waals surface area contributed by atoms with Crippen LogP contribution in [0.4, 0.5) is 11.6 Å². The molecule has 0 amide bonds. The van der Waals surface area contributed by atoms with Crippen LogP contribution < -0.4 is 10.2 Å². The predicted molar refractivity (Wildman–Crippen MR) is 75.2 cm³/mol. The second-order valence-corrected chi connectivity index (χ2v) is 5.26. The zero-order valence-corrected chi connectivity index (χ0v) is 11.8.